The third kappa shape index (κ3) is 1.79. The quantitative estimate of drug-likeness (QED) is 0.583. The summed E-state index contributed by atoms with van der Waals surface area (Å²) in [6, 6.07) is 0.158. The normalized spacial score (nSPS) is 30.1. The third-order valence-electron chi connectivity index (χ3n) is 2.98. The molecule has 2 fully saturated rings. The molecule has 0 aromatic rings. The zero-order chi connectivity index (χ0) is 10.3. The second-order valence-electron chi connectivity index (χ2n) is 4.13. The van der Waals surface area contributed by atoms with Gasteiger partial charge in [0.05, 0.1) is 0 Å². The fraction of sp³-hybridized carbons (Fsp3) is 1.00. The molecule has 1 atom stereocenters. The van der Waals surface area contributed by atoms with Gasteiger partial charge in [0.2, 0.25) is 0 Å². The molecule has 2 rings (SSSR count). The Morgan fingerprint density at radius 1 is 1.29 bits per heavy atom. The van der Waals surface area contributed by atoms with Gasteiger partial charge < -0.3 is 4.90 Å². The van der Waals surface area contributed by atoms with E-state index in [1.165, 1.54) is 8.61 Å². The first-order valence-corrected chi connectivity index (χ1v) is 6.33. The number of nitrogens with zero attached hydrogens (tertiary/aromatic N) is 3. The van der Waals surface area contributed by atoms with Crippen molar-refractivity contribution in [1.29, 1.82) is 0 Å². The Bertz CT molecular complexity index is 313. The second-order valence-corrected chi connectivity index (χ2v) is 6.12. The lowest BCUT2D eigenvalue weighted by Gasteiger charge is -2.23. The van der Waals surface area contributed by atoms with Crippen molar-refractivity contribution < 1.29 is 8.42 Å². The highest BCUT2D eigenvalue weighted by molar-refractivity contribution is 7.87. The van der Waals surface area contributed by atoms with Crippen LogP contribution in [0.5, 0.6) is 0 Å². The minimum absolute atomic E-state index is 0.158. The van der Waals surface area contributed by atoms with Gasteiger partial charge in [-0.3, -0.25) is 0 Å². The summed E-state index contributed by atoms with van der Waals surface area (Å²) in [4.78, 5) is 2.17. The molecule has 2 heterocycles. The summed E-state index contributed by atoms with van der Waals surface area (Å²) >= 11 is 0. The smallest absolute Gasteiger partial charge is 0.282 e. The van der Waals surface area contributed by atoms with Crippen LogP contribution in [0.3, 0.4) is 0 Å². The lowest BCUT2D eigenvalue weighted by Crippen LogP contribution is -2.41. The van der Waals surface area contributed by atoms with Gasteiger partial charge in [0.15, 0.2) is 0 Å². The van der Waals surface area contributed by atoms with Crippen LogP contribution in [-0.2, 0) is 10.2 Å². The van der Waals surface area contributed by atoms with Gasteiger partial charge >= 0.3 is 0 Å². The van der Waals surface area contributed by atoms with E-state index in [4.69, 9.17) is 0 Å². The Labute approximate surface area is 85.5 Å². The molecule has 0 N–H and O–H groups in total. The molecule has 0 amide bonds. The predicted octanol–water partition coefficient (Wildman–Crippen LogP) is -0.817. The molecule has 0 aliphatic carbocycles. The predicted molar refractivity (Wildman–Crippen MR) is 54.2 cm³/mol. The van der Waals surface area contributed by atoms with Gasteiger partial charge in [-0.1, -0.05) is 0 Å². The first-order valence-electron chi connectivity index (χ1n) is 4.93. The van der Waals surface area contributed by atoms with Gasteiger partial charge in [0.1, 0.15) is 0 Å². The van der Waals surface area contributed by atoms with Crippen LogP contribution < -0.4 is 0 Å². The van der Waals surface area contributed by atoms with Crippen molar-refractivity contribution in [2.24, 2.45) is 0 Å². The zero-order valence-corrected chi connectivity index (χ0v) is 9.50. The van der Waals surface area contributed by atoms with Crippen LogP contribution in [0.4, 0.5) is 0 Å². The van der Waals surface area contributed by atoms with E-state index < -0.39 is 10.2 Å². The third-order valence-corrected chi connectivity index (χ3v) is 5.02. The average molecular weight is 219 g/mol. The average Bonchev–Trinajstić information content (AvgIpc) is 2.89. The summed E-state index contributed by atoms with van der Waals surface area (Å²) in [6.07, 6.45) is 0.945. The molecule has 14 heavy (non-hydrogen) atoms. The molecule has 0 bridgehead atoms. The molecule has 0 aromatic heterocycles. The highest BCUT2D eigenvalue weighted by Crippen LogP contribution is 2.21. The van der Waals surface area contributed by atoms with Crippen molar-refractivity contribution in [3.05, 3.63) is 0 Å². The van der Waals surface area contributed by atoms with Crippen molar-refractivity contribution >= 4 is 10.2 Å². The lowest BCUT2D eigenvalue weighted by atomic mass is 10.3. The van der Waals surface area contributed by atoms with Gasteiger partial charge in [-0.2, -0.15) is 17.0 Å². The highest BCUT2D eigenvalue weighted by atomic mass is 32.2. The monoisotopic (exact) mass is 219 g/mol. The van der Waals surface area contributed by atoms with Crippen molar-refractivity contribution in [1.82, 2.24) is 13.5 Å². The molecule has 2 aliphatic rings. The molecule has 0 aromatic carbocycles. The van der Waals surface area contributed by atoms with Crippen LogP contribution in [0.25, 0.3) is 0 Å². The van der Waals surface area contributed by atoms with E-state index in [9.17, 15) is 8.42 Å². The minimum atomic E-state index is -3.13. The van der Waals surface area contributed by atoms with Gasteiger partial charge in [0, 0.05) is 32.7 Å². The SMILES string of the molecule is CN1CCC(N(C)S(=O)(=O)N2CC2)C1. The van der Waals surface area contributed by atoms with Crippen LogP contribution in [0.15, 0.2) is 0 Å². The Hall–Kier alpha value is -0.170. The molecule has 5 nitrogen and oxygen atoms in total. The molecular weight excluding hydrogens is 202 g/mol. The van der Waals surface area contributed by atoms with Crippen LogP contribution >= 0.6 is 0 Å². The molecule has 1 unspecified atom stereocenters. The summed E-state index contributed by atoms with van der Waals surface area (Å²) in [6.45, 7) is 3.22. The van der Waals surface area contributed by atoms with Gasteiger partial charge in [-0.05, 0) is 20.0 Å². The summed E-state index contributed by atoms with van der Waals surface area (Å²) in [7, 11) is 0.585. The van der Waals surface area contributed by atoms with Gasteiger partial charge in [0.25, 0.3) is 10.2 Å². The van der Waals surface area contributed by atoms with Crippen LogP contribution in [0.1, 0.15) is 6.42 Å². The molecule has 0 saturated carbocycles. The maximum absolute atomic E-state index is 11.8. The van der Waals surface area contributed by atoms with Crippen LogP contribution in [0, 0.1) is 0 Å². The van der Waals surface area contributed by atoms with Gasteiger partial charge in [-0.25, -0.2) is 0 Å². The first kappa shape index (κ1) is 10.4. The Morgan fingerprint density at radius 2 is 1.93 bits per heavy atom. The van der Waals surface area contributed by atoms with E-state index in [1.54, 1.807) is 7.05 Å². The topological polar surface area (TPSA) is 43.6 Å². The number of hydrogen-bond donors (Lipinski definition) is 0. The molecule has 2 saturated heterocycles. The highest BCUT2D eigenvalue weighted by Gasteiger charge is 2.39. The van der Waals surface area contributed by atoms with E-state index in [0.717, 1.165) is 19.5 Å². The lowest BCUT2D eigenvalue weighted by molar-refractivity contribution is 0.336. The van der Waals surface area contributed by atoms with Crippen molar-refractivity contribution in [3.63, 3.8) is 0 Å². The first-order chi connectivity index (χ1) is 6.51. The van der Waals surface area contributed by atoms with Crippen molar-refractivity contribution in [2.75, 3.05) is 40.3 Å². The Kier molecular flexibility index (Phi) is 2.55. The maximum Gasteiger partial charge on any atom is 0.282 e. The largest absolute Gasteiger partial charge is 0.305 e. The molecule has 82 valence electrons. The Morgan fingerprint density at radius 3 is 2.36 bits per heavy atom. The van der Waals surface area contributed by atoms with E-state index >= 15 is 0 Å². The van der Waals surface area contributed by atoms with E-state index in [2.05, 4.69) is 4.90 Å². The number of likely N-dealkylation sites (N-methyl/N-ethyl adjacent to an activating group) is 2. The standard InChI is InChI=1S/C8H17N3O2S/c1-9-4-3-8(7-9)10(2)14(12,13)11-5-6-11/h8H,3-7H2,1-2H3. The molecule has 2 aliphatic heterocycles. The summed E-state index contributed by atoms with van der Waals surface area (Å²) in [5, 5.41) is 0. The number of likely N-dealkylation sites (tertiary alicyclic amines) is 1. The summed E-state index contributed by atoms with van der Waals surface area (Å²) in [5.41, 5.74) is 0. The second kappa shape index (κ2) is 3.44. The summed E-state index contributed by atoms with van der Waals surface area (Å²) < 4.78 is 26.7. The maximum atomic E-state index is 11.8. The van der Waals surface area contributed by atoms with Crippen molar-refractivity contribution in [3.8, 4) is 0 Å². The molecule has 6 heteroatoms. The van der Waals surface area contributed by atoms with Crippen LogP contribution in [0.2, 0.25) is 0 Å². The summed E-state index contributed by atoms with van der Waals surface area (Å²) in [5.74, 6) is 0. The fourth-order valence-corrected chi connectivity index (χ4v) is 3.31. The fourth-order valence-electron chi connectivity index (χ4n) is 1.85. The van der Waals surface area contributed by atoms with E-state index in [0.29, 0.717) is 13.1 Å². The van der Waals surface area contributed by atoms with Crippen LogP contribution in [-0.4, -0.2) is 68.2 Å². The minimum Gasteiger partial charge on any atom is -0.305 e. The number of hydrogen-bond acceptors (Lipinski definition) is 3. The molecule has 0 radical (unpaired) electrons. The molecule has 0 spiro atoms. The Balaban J connectivity index is 2.04. The van der Waals surface area contributed by atoms with E-state index in [1.807, 2.05) is 7.05 Å². The zero-order valence-electron chi connectivity index (χ0n) is 8.68. The molecular formula is C8H17N3O2S. The van der Waals surface area contributed by atoms with Gasteiger partial charge in [-0.15, -0.1) is 0 Å². The number of rotatable bonds is 3. The van der Waals surface area contributed by atoms with Crippen molar-refractivity contribution in [2.45, 2.75) is 12.5 Å². The van der Waals surface area contributed by atoms with E-state index in [-0.39, 0.29) is 6.04 Å².